The highest BCUT2D eigenvalue weighted by atomic mass is 35.5. The van der Waals surface area contributed by atoms with Crippen molar-refractivity contribution < 1.29 is 9.53 Å². The number of carbonyl (C=O) groups excluding carboxylic acids is 1. The van der Waals surface area contributed by atoms with Crippen LogP contribution in [0.15, 0.2) is 48.5 Å². The van der Waals surface area contributed by atoms with E-state index < -0.39 is 0 Å². The van der Waals surface area contributed by atoms with E-state index in [0.29, 0.717) is 17.2 Å². The third-order valence-corrected chi connectivity index (χ3v) is 3.60. The number of aryl methyl sites for hydroxylation is 1. The van der Waals surface area contributed by atoms with Crippen molar-refractivity contribution in [2.24, 2.45) is 0 Å². The third-order valence-electron chi connectivity index (χ3n) is 3.37. The molecule has 1 aliphatic heterocycles. The molecule has 0 aromatic heterocycles. The van der Waals surface area contributed by atoms with Gasteiger partial charge in [0.15, 0.2) is 0 Å². The molecule has 0 fully saturated rings. The van der Waals surface area contributed by atoms with E-state index >= 15 is 0 Å². The van der Waals surface area contributed by atoms with Gasteiger partial charge in [0.1, 0.15) is 6.61 Å². The molecule has 1 heterocycles. The summed E-state index contributed by atoms with van der Waals surface area (Å²) in [6.45, 7) is 2.34. The Morgan fingerprint density at radius 3 is 2.50 bits per heavy atom. The van der Waals surface area contributed by atoms with Crippen LogP contribution in [0.3, 0.4) is 0 Å². The van der Waals surface area contributed by atoms with Crippen molar-refractivity contribution in [1.29, 1.82) is 0 Å². The first-order valence-corrected chi connectivity index (χ1v) is 6.76. The lowest BCUT2D eigenvalue weighted by molar-refractivity contribution is -0.133. The van der Waals surface area contributed by atoms with Gasteiger partial charge in [-0.3, -0.25) is 0 Å². The van der Waals surface area contributed by atoms with E-state index in [1.807, 2.05) is 43.3 Å². The summed E-state index contributed by atoms with van der Waals surface area (Å²) in [6.07, 6.45) is 0. The summed E-state index contributed by atoms with van der Waals surface area (Å²) < 4.78 is 5.20. The van der Waals surface area contributed by atoms with E-state index in [4.69, 9.17) is 16.3 Å². The van der Waals surface area contributed by atoms with Crippen LogP contribution in [-0.4, -0.2) is 12.6 Å². The van der Waals surface area contributed by atoms with Crippen LogP contribution < -0.4 is 0 Å². The van der Waals surface area contributed by atoms with Crippen LogP contribution in [0, 0.1) is 6.92 Å². The Kier molecular flexibility index (Phi) is 3.33. The Labute approximate surface area is 122 Å². The van der Waals surface area contributed by atoms with Crippen LogP contribution >= 0.6 is 11.6 Å². The Balaban J connectivity index is 2.14. The number of rotatable bonds is 2. The molecule has 2 nitrogen and oxygen atoms in total. The van der Waals surface area contributed by atoms with E-state index in [1.54, 1.807) is 12.1 Å². The minimum absolute atomic E-state index is 0.289. The molecule has 2 aromatic rings. The van der Waals surface area contributed by atoms with Crippen molar-refractivity contribution in [1.82, 2.24) is 0 Å². The molecule has 0 amide bonds. The maximum absolute atomic E-state index is 12.0. The molecule has 3 rings (SSSR count). The number of hydrogen-bond donors (Lipinski definition) is 0. The first-order chi connectivity index (χ1) is 9.65. The third kappa shape index (κ3) is 2.35. The molecule has 0 radical (unpaired) electrons. The van der Waals surface area contributed by atoms with Gasteiger partial charge in [-0.05, 0) is 30.2 Å². The summed E-state index contributed by atoms with van der Waals surface area (Å²) in [5.74, 6) is -0.289. The number of esters is 1. The molecule has 0 spiro atoms. The average molecular weight is 285 g/mol. The molecule has 1 aliphatic rings. The smallest absolute Gasteiger partial charge is 0.339 e. The molecule has 20 heavy (non-hydrogen) atoms. The summed E-state index contributed by atoms with van der Waals surface area (Å²) in [5, 5.41) is 0.609. The molecule has 2 aromatic carbocycles. The first-order valence-electron chi connectivity index (χ1n) is 6.38. The molecular weight excluding hydrogens is 272 g/mol. The fourth-order valence-corrected chi connectivity index (χ4v) is 2.51. The van der Waals surface area contributed by atoms with Crippen LogP contribution in [0.1, 0.15) is 16.7 Å². The van der Waals surface area contributed by atoms with Gasteiger partial charge in [-0.2, -0.15) is 0 Å². The van der Waals surface area contributed by atoms with Crippen molar-refractivity contribution in [3.63, 3.8) is 0 Å². The zero-order chi connectivity index (χ0) is 14.1. The van der Waals surface area contributed by atoms with E-state index in [9.17, 15) is 4.79 Å². The molecule has 0 saturated carbocycles. The maximum atomic E-state index is 12.0. The second-order valence-corrected chi connectivity index (χ2v) is 5.24. The Morgan fingerprint density at radius 2 is 1.80 bits per heavy atom. The number of ether oxygens (including phenoxy) is 1. The van der Waals surface area contributed by atoms with Gasteiger partial charge in [0.2, 0.25) is 0 Å². The van der Waals surface area contributed by atoms with E-state index in [-0.39, 0.29) is 5.97 Å². The van der Waals surface area contributed by atoms with Gasteiger partial charge in [0, 0.05) is 10.6 Å². The average Bonchev–Trinajstić information content (AvgIpc) is 2.81. The Morgan fingerprint density at radius 1 is 1.05 bits per heavy atom. The molecule has 3 heteroatoms. The summed E-state index contributed by atoms with van der Waals surface area (Å²) >= 11 is 6.01. The quantitative estimate of drug-likeness (QED) is 0.776. The molecule has 0 aliphatic carbocycles. The van der Waals surface area contributed by atoms with Gasteiger partial charge in [0.05, 0.1) is 5.57 Å². The standard InChI is InChI=1S/C17H13ClO2/c1-11-5-7-12(8-6-11)15-10-20-17(19)16(15)13-3-2-4-14(18)9-13/h2-9H,10H2,1H3. The normalized spacial score (nSPS) is 14.6. The summed E-state index contributed by atoms with van der Waals surface area (Å²) in [7, 11) is 0. The number of carbonyl (C=O) groups is 1. The van der Waals surface area contributed by atoms with E-state index in [2.05, 4.69) is 0 Å². The van der Waals surface area contributed by atoms with Crippen LogP contribution in [0.25, 0.3) is 11.1 Å². The van der Waals surface area contributed by atoms with Crippen molar-refractivity contribution in [2.45, 2.75) is 6.92 Å². The lowest BCUT2D eigenvalue weighted by Crippen LogP contribution is -1.98. The zero-order valence-electron chi connectivity index (χ0n) is 11.0. The van der Waals surface area contributed by atoms with Gasteiger partial charge in [-0.1, -0.05) is 53.6 Å². The molecule has 0 N–H and O–H groups in total. The monoisotopic (exact) mass is 284 g/mol. The zero-order valence-corrected chi connectivity index (χ0v) is 11.8. The number of hydrogen-bond acceptors (Lipinski definition) is 2. The van der Waals surface area contributed by atoms with Gasteiger partial charge in [-0.15, -0.1) is 0 Å². The highest BCUT2D eigenvalue weighted by Gasteiger charge is 2.27. The largest absolute Gasteiger partial charge is 0.457 e. The summed E-state index contributed by atoms with van der Waals surface area (Å²) in [5.41, 5.74) is 4.52. The van der Waals surface area contributed by atoms with E-state index in [1.165, 1.54) is 5.56 Å². The minimum Gasteiger partial charge on any atom is -0.457 e. The predicted octanol–water partition coefficient (Wildman–Crippen LogP) is 4.12. The maximum Gasteiger partial charge on any atom is 0.339 e. The molecule has 0 unspecified atom stereocenters. The molecule has 100 valence electrons. The van der Waals surface area contributed by atoms with Gasteiger partial charge in [0.25, 0.3) is 0 Å². The lowest BCUT2D eigenvalue weighted by atomic mass is 9.96. The summed E-state index contributed by atoms with van der Waals surface area (Å²) in [4.78, 5) is 12.0. The fourth-order valence-electron chi connectivity index (χ4n) is 2.32. The highest BCUT2D eigenvalue weighted by molar-refractivity contribution is 6.32. The van der Waals surface area contributed by atoms with Crippen molar-refractivity contribution in [3.8, 4) is 0 Å². The van der Waals surface area contributed by atoms with Crippen LogP contribution in [0.5, 0.6) is 0 Å². The van der Waals surface area contributed by atoms with Crippen molar-refractivity contribution in [2.75, 3.05) is 6.61 Å². The minimum atomic E-state index is -0.289. The SMILES string of the molecule is Cc1ccc(C2=C(c3cccc(Cl)c3)C(=O)OC2)cc1. The molecule has 0 atom stereocenters. The Bertz CT molecular complexity index is 699. The molecule has 0 saturated heterocycles. The van der Waals surface area contributed by atoms with Crippen LogP contribution in [0.2, 0.25) is 5.02 Å². The highest BCUT2D eigenvalue weighted by Crippen LogP contribution is 2.33. The van der Waals surface area contributed by atoms with E-state index in [0.717, 1.165) is 16.7 Å². The topological polar surface area (TPSA) is 26.3 Å². The van der Waals surface area contributed by atoms with Gasteiger partial charge < -0.3 is 4.74 Å². The number of cyclic esters (lactones) is 1. The molecular formula is C17H13ClO2. The van der Waals surface area contributed by atoms with Crippen molar-refractivity contribution >= 4 is 28.7 Å². The molecule has 0 bridgehead atoms. The second kappa shape index (κ2) is 5.14. The van der Waals surface area contributed by atoms with Gasteiger partial charge in [-0.25, -0.2) is 4.79 Å². The van der Waals surface area contributed by atoms with Crippen molar-refractivity contribution in [3.05, 3.63) is 70.2 Å². The number of benzene rings is 2. The number of halogens is 1. The first kappa shape index (κ1) is 12.9. The predicted molar refractivity (Wildman–Crippen MR) is 80.4 cm³/mol. The van der Waals surface area contributed by atoms with Gasteiger partial charge >= 0.3 is 5.97 Å². The second-order valence-electron chi connectivity index (χ2n) is 4.81. The Hall–Kier alpha value is -2.06. The fraction of sp³-hybridized carbons (Fsp3) is 0.118. The van der Waals surface area contributed by atoms with Crippen LogP contribution in [0.4, 0.5) is 0 Å². The summed E-state index contributed by atoms with van der Waals surface area (Å²) in [6, 6.07) is 15.4. The lowest BCUT2D eigenvalue weighted by Gasteiger charge is -2.05. The van der Waals surface area contributed by atoms with Crippen LogP contribution in [-0.2, 0) is 9.53 Å².